The molecule has 0 aliphatic heterocycles. The Bertz CT molecular complexity index is 619. The number of aryl methyl sites for hydroxylation is 1. The van der Waals surface area contributed by atoms with Gasteiger partial charge >= 0.3 is 0 Å². The first-order valence-corrected chi connectivity index (χ1v) is 6.24. The molecule has 2 rings (SSSR count). The first kappa shape index (κ1) is 12.2. The third-order valence-electron chi connectivity index (χ3n) is 2.43. The number of ketones is 1. The van der Waals surface area contributed by atoms with E-state index in [9.17, 15) is 4.79 Å². The highest BCUT2D eigenvalue weighted by atomic mass is 32.1. The quantitative estimate of drug-likeness (QED) is 0.366. The molecular weight excluding hydrogens is 244 g/mol. The molecule has 2 heterocycles. The molecule has 88 valence electrons. The molecule has 0 radical (unpaired) electrons. The maximum absolute atomic E-state index is 12.0. The van der Waals surface area contributed by atoms with Crippen molar-refractivity contribution in [1.29, 1.82) is 5.26 Å². The van der Waals surface area contributed by atoms with E-state index in [1.54, 1.807) is 18.2 Å². The maximum atomic E-state index is 12.0. The molecule has 0 spiro atoms. The fraction of sp³-hybridized carbons (Fsp3) is 0.0714. The number of hydrogen-bond donors (Lipinski definition) is 0. The number of hydrogen-bond acceptors (Lipinski definition) is 3. The molecule has 2 aromatic heterocycles. The molecule has 0 aliphatic carbocycles. The number of aromatic nitrogens is 1. The lowest BCUT2D eigenvalue weighted by Crippen LogP contribution is -2.25. The fourth-order valence-corrected chi connectivity index (χ4v) is 2.14. The molecule has 18 heavy (non-hydrogen) atoms. The van der Waals surface area contributed by atoms with Gasteiger partial charge in [0.25, 0.3) is 0 Å². The van der Waals surface area contributed by atoms with Crippen LogP contribution in [0.4, 0.5) is 0 Å². The van der Waals surface area contributed by atoms with Gasteiger partial charge in [0.15, 0.2) is 12.4 Å². The molecule has 2 aromatic rings. The van der Waals surface area contributed by atoms with Gasteiger partial charge in [-0.15, -0.1) is 11.3 Å². The zero-order valence-electron chi connectivity index (χ0n) is 9.83. The van der Waals surface area contributed by atoms with Crippen molar-refractivity contribution in [2.75, 3.05) is 0 Å². The average molecular weight is 255 g/mol. The van der Waals surface area contributed by atoms with Crippen molar-refractivity contribution in [1.82, 2.24) is 0 Å². The summed E-state index contributed by atoms with van der Waals surface area (Å²) >= 11 is 1.34. The molecule has 0 fully saturated rings. The highest BCUT2D eigenvalue weighted by molar-refractivity contribution is 7.12. The molecule has 0 bridgehead atoms. The number of pyridine rings is 1. The first-order chi connectivity index (χ1) is 8.70. The van der Waals surface area contributed by atoms with Gasteiger partial charge in [0, 0.05) is 12.1 Å². The monoisotopic (exact) mass is 255 g/mol. The van der Waals surface area contributed by atoms with Gasteiger partial charge < -0.3 is 0 Å². The van der Waals surface area contributed by atoms with Crippen molar-refractivity contribution in [2.24, 2.45) is 7.05 Å². The van der Waals surface area contributed by atoms with E-state index in [2.05, 4.69) is 0 Å². The SMILES string of the molecule is C[n+]1ccc(C=C(C#N)C(=O)c2cccs2)cc1. The molecule has 0 aliphatic rings. The summed E-state index contributed by atoms with van der Waals surface area (Å²) in [6.07, 6.45) is 5.36. The number of allylic oxidation sites excluding steroid dienone is 1. The second-order valence-corrected chi connectivity index (χ2v) is 4.72. The van der Waals surface area contributed by atoms with Crippen LogP contribution in [-0.4, -0.2) is 5.78 Å². The summed E-state index contributed by atoms with van der Waals surface area (Å²) in [5.74, 6) is -0.222. The Morgan fingerprint density at radius 1 is 1.39 bits per heavy atom. The number of thiophene rings is 1. The van der Waals surface area contributed by atoms with E-state index in [-0.39, 0.29) is 11.4 Å². The minimum atomic E-state index is -0.222. The van der Waals surface area contributed by atoms with Crippen molar-refractivity contribution in [2.45, 2.75) is 0 Å². The van der Waals surface area contributed by atoms with Gasteiger partial charge in [-0.05, 0) is 23.1 Å². The number of nitrogens with zero attached hydrogens (tertiary/aromatic N) is 2. The molecule has 0 aromatic carbocycles. The molecule has 0 N–H and O–H groups in total. The molecule has 0 atom stereocenters. The lowest BCUT2D eigenvalue weighted by Gasteiger charge is -1.96. The Kier molecular flexibility index (Phi) is 3.66. The molecule has 0 saturated heterocycles. The van der Waals surface area contributed by atoms with E-state index in [1.807, 2.05) is 47.6 Å². The second-order valence-electron chi connectivity index (χ2n) is 3.77. The number of rotatable bonds is 3. The van der Waals surface area contributed by atoms with Gasteiger partial charge in [-0.25, -0.2) is 4.57 Å². The van der Waals surface area contributed by atoms with Gasteiger partial charge in [-0.2, -0.15) is 5.26 Å². The summed E-state index contributed by atoms with van der Waals surface area (Å²) < 4.78 is 1.89. The van der Waals surface area contributed by atoms with Crippen LogP contribution in [0.15, 0.2) is 47.6 Å². The van der Waals surface area contributed by atoms with E-state index in [1.165, 1.54) is 11.3 Å². The van der Waals surface area contributed by atoms with Gasteiger partial charge in [0.2, 0.25) is 5.78 Å². The molecule has 0 unspecified atom stereocenters. The van der Waals surface area contributed by atoms with Crippen molar-refractivity contribution in [3.8, 4) is 6.07 Å². The zero-order valence-corrected chi connectivity index (χ0v) is 10.6. The lowest BCUT2D eigenvalue weighted by atomic mass is 10.1. The smallest absolute Gasteiger partial charge is 0.213 e. The average Bonchev–Trinajstić information content (AvgIpc) is 2.91. The minimum Gasteiger partial charge on any atom is -0.287 e. The summed E-state index contributed by atoms with van der Waals surface area (Å²) in [6.45, 7) is 0. The predicted molar refractivity (Wildman–Crippen MR) is 69.9 cm³/mol. The van der Waals surface area contributed by atoms with Gasteiger partial charge in [-0.3, -0.25) is 4.79 Å². The minimum absolute atomic E-state index is 0.159. The molecular formula is C14H11N2OS+. The summed E-state index contributed by atoms with van der Waals surface area (Å²) in [5, 5.41) is 10.9. The van der Waals surface area contributed by atoms with E-state index in [0.29, 0.717) is 4.88 Å². The number of nitriles is 1. The van der Waals surface area contributed by atoms with E-state index >= 15 is 0 Å². The Labute approximate surface area is 109 Å². The van der Waals surface area contributed by atoms with Crippen molar-refractivity contribution < 1.29 is 9.36 Å². The van der Waals surface area contributed by atoms with Crippen LogP contribution in [0.25, 0.3) is 6.08 Å². The second kappa shape index (κ2) is 5.39. The Morgan fingerprint density at radius 2 is 2.11 bits per heavy atom. The van der Waals surface area contributed by atoms with Crippen LogP contribution in [-0.2, 0) is 7.05 Å². The fourth-order valence-electron chi connectivity index (χ4n) is 1.46. The van der Waals surface area contributed by atoms with Crippen LogP contribution in [0.3, 0.4) is 0 Å². The molecule has 4 heteroatoms. The van der Waals surface area contributed by atoms with Gasteiger partial charge in [-0.1, -0.05) is 6.07 Å². The highest BCUT2D eigenvalue weighted by Crippen LogP contribution is 2.16. The number of carbonyl (C=O) groups is 1. The van der Waals surface area contributed by atoms with Crippen LogP contribution in [0.2, 0.25) is 0 Å². The normalized spacial score (nSPS) is 11.0. The third kappa shape index (κ3) is 2.70. The number of carbonyl (C=O) groups excluding carboxylic acids is 1. The molecule has 0 amide bonds. The van der Waals surface area contributed by atoms with Crippen molar-refractivity contribution >= 4 is 23.2 Å². The van der Waals surface area contributed by atoms with Crippen molar-refractivity contribution in [3.05, 3.63) is 58.1 Å². The molecule has 3 nitrogen and oxygen atoms in total. The highest BCUT2D eigenvalue weighted by Gasteiger charge is 2.12. The first-order valence-electron chi connectivity index (χ1n) is 5.36. The standard InChI is InChI=1S/C14H11N2OS/c1-16-6-4-11(5-7-16)9-12(10-15)14(17)13-3-2-8-18-13/h2-9H,1H3/q+1. The van der Waals surface area contributed by atoms with E-state index < -0.39 is 0 Å². The largest absolute Gasteiger partial charge is 0.287 e. The predicted octanol–water partition coefficient (Wildman–Crippen LogP) is 2.36. The summed E-state index contributed by atoms with van der Waals surface area (Å²) in [4.78, 5) is 12.6. The van der Waals surface area contributed by atoms with Crippen LogP contribution in [0, 0.1) is 11.3 Å². The molecule has 0 saturated carbocycles. The van der Waals surface area contributed by atoms with Crippen LogP contribution in [0.1, 0.15) is 15.2 Å². The van der Waals surface area contributed by atoms with Gasteiger partial charge in [0.1, 0.15) is 18.7 Å². The summed E-state index contributed by atoms with van der Waals surface area (Å²) in [7, 11) is 1.91. The summed E-state index contributed by atoms with van der Waals surface area (Å²) in [5.41, 5.74) is 1.00. The Morgan fingerprint density at radius 3 is 2.67 bits per heavy atom. The lowest BCUT2D eigenvalue weighted by molar-refractivity contribution is -0.671. The van der Waals surface area contributed by atoms with Gasteiger partial charge in [0.05, 0.1) is 4.88 Å². The zero-order chi connectivity index (χ0) is 13.0. The number of Topliss-reactive ketones (excluding diaryl/α,β-unsaturated/α-hetero) is 1. The van der Waals surface area contributed by atoms with E-state index in [4.69, 9.17) is 5.26 Å². The van der Waals surface area contributed by atoms with Crippen LogP contribution < -0.4 is 4.57 Å². The summed E-state index contributed by atoms with van der Waals surface area (Å²) in [6, 6.07) is 9.21. The Hall–Kier alpha value is -2.25. The maximum Gasteiger partial charge on any atom is 0.213 e. The van der Waals surface area contributed by atoms with E-state index in [0.717, 1.165) is 5.56 Å². The Balaban J connectivity index is 2.32. The van der Waals surface area contributed by atoms with Crippen LogP contribution >= 0.6 is 11.3 Å². The third-order valence-corrected chi connectivity index (χ3v) is 3.29. The van der Waals surface area contributed by atoms with Crippen LogP contribution in [0.5, 0.6) is 0 Å². The van der Waals surface area contributed by atoms with Crippen molar-refractivity contribution in [3.63, 3.8) is 0 Å². The topological polar surface area (TPSA) is 44.7 Å².